The zero-order valence-electron chi connectivity index (χ0n) is 6.87. The second kappa shape index (κ2) is 3.52. The summed E-state index contributed by atoms with van der Waals surface area (Å²) in [6.07, 6.45) is 3.05. The molecule has 2 aromatic rings. The van der Waals surface area contributed by atoms with E-state index in [2.05, 4.69) is 9.97 Å². The summed E-state index contributed by atoms with van der Waals surface area (Å²) in [5, 5.41) is 0.594. The Kier molecular flexibility index (Phi) is 2.35. The average molecular weight is 227 g/mol. The molecule has 0 atom stereocenters. The molecule has 5 heteroatoms. The Morgan fingerprint density at radius 1 is 1.36 bits per heavy atom. The molecule has 0 saturated heterocycles. The molecule has 14 heavy (non-hydrogen) atoms. The van der Waals surface area contributed by atoms with Crippen LogP contribution in [0.3, 0.4) is 0 Å². The van der Waals surface area contributed by atoms with Gasteiger partial charge in [-0.05, 0) is 23.7 Å². The van der Waals surface area contributed by atoms with E-state index in [0.29, 0.717) is 15.9 Å². The normalized spacial score (nSPS) is 10.4. The first-order chi connectivity index (χ1) is 6.68. The van der Waals surface area contributed by atoms with Crippen LogP contribution in [-0.4, -0.2) is 15.2 Å². The molecule has 0 spiro atoms. The van der Waals surface area contributed by atoms with Crippen LogP contribution in [0.4, 0.5) is 0 Å². The van der Waals surface area contributed by atoms with Gasteiger partial charge in [-0.15, -0.1) is 0 Å². The maximum atomic E-state index is 10.8. The van der Waals surface area contributed by atoms with Crippen molar-refractivity contribution in [1.82, 2.24) is 9.97 Å². The number of carbonyl (C=O) groups excluding carboxylic acids is 1. The van der Waals surface area contributed by atoms with Crippen LogP contribution in [-0.2, 0) is 0 Å². The minimum atomic E-state index is -0.605. The van der Waals surface area contributed by atoms with E-state index in [1.165, 1.54) is 12.3 Å². The van der Waals surface area contributed by atoms with Crippen LogP contribution in [0, 0.1) is 0 Å². The van der Waals surface area contributed by atoms with Crippen molar-refractivity contribution in [3.63, 3.8) is 0 Å². The number of halogens is 2. The monoisotopic (exact) mass is 226 g/mol. The molecule has 0 unspecified atom stereocenters. The van der Waals surface area contributed by atoms with Crippen LogP contribution in [0.15, 0.2) is 24.5 Å². The van der Waals surface area contributed by atoms with Crippen molar-refractivity contribution in [3.05, 3.63) is 35.2 Å². The molecule has 2 rings (SSSR count). The zero-order chi connectivity index (χ0) is 10.1. The highest BCUT2D eigenvalue weighted by Gasteiger charge is 2.06. The van der Waals surface area contributed by atoms with Crippen molar-refractivity contribution in [3.8, 4) is 0 Å². The first kappa shape index (κ1) is 9.37. The summed E-state index contributed by atoms with van der Waals surface area (Å²) in [6, 6.07) is 3.17. The molecular formula is C9H4Cl2N2O. The molecule has 0 aliphatic rings. The number of hydrogen-bond donors (Lipinski definition) is 0. The summed E-state index contributed by atoms with van der Waals surface area (Å²) in [6.45, 7) is 0. The first-order valence-electron chi connectivity index (χ1n) is 3.78. The van der Waals surface area contributed by atoms with Crippen molar-refractivity contribution in [2.75, 3.05) is 0 Å². The summed E-state index contributed by atoms with van der Waals surface area (Å²) < 4.78 is 0. The number of nitrogens with zero attached hydrogens (tertiary/aromatic N) is 2. The standard InChI is InChI=1S/C9H4Cl2N2O/c10-6-1-2-12-8-4-13-7(9(11)14)3-5(6)8/h1-4H. The number of rotatable bonds is 1. The van der Waals surface area contributed by atoms with Crippen molar-refractivity contribution in [2.45, 2.75) is 0 Å². The lowest BCUT2D eigenvalue weighted by Crippen LogP contribution is -1.94. The summed E-state index contributed by atoms with van der Waals surface area (Å²) in [4.78, 5) is 18.7. The van der Waals surface area contributed by atoms with Gasteiger partial charge in [0.1, 0.15) is 5.69 Å². The van der Waals surface area contributed by atoms with Crippen molar-refractivity contribution in [2.24, 2.45) is 0 Å². The number of pyridine rings is 2. The number of fused-ring (bicyclic) bond motifs is 1. The fourth-order valence-corrected chi connectivity index (χ4v) is 1.43. The molecule has 0 aromatic carbocycles. The molecule has 0 fully saturated rings. The molecule has 70 valence electrons. The molecule has 0 aliphatic carbocycles. The molecule has 0 aliphatic heterocycles. The lowest BCUT2D eigenvalue weighted by Gasteiger charge is -1.99. The maximum absolute atomic E-state index is 10.8. The molecule has 0 amide bonds. The van der Waals surface area contributed by atoms with Crippen LogP contribution >= 0.6 is 23.2 Å². The number of aromatic nitrogens is 2. The van der Waals surface area contributed by atoms with Crippen molar-refractivity contribution >= 4 is 39.3 Å². The van der Waals surface area contributed by atoms with Crippen molar-refractivity contribution in [1.29, 1.82) is 0 Å². The van der Waals surface area contributed by atoms with E-state index in [-0.39, 0.29) is 5.69 Å². The smallest absolute Gasteiger partial charge is 0.270 e. The summed E-state index contributed by atoms with van der Waals surface area (Å²) in [7, 11) is 0. The Morgan fingerprint density at radius 2 is 2.14 bits per heavy atom. The molecular weight excluding hydrogens is 223 g/mol. The second-order valence-corrected chi connectivity index (χ2v) is 3.40. The van der Waals surface area contributed by atoms with Crippen LogP contribution in [0.5, 0.6) is 0 Å². The van der Waals surface area contributed by atoms with Gasteiger partial charge in [-0.3, -0.25) is 9.78 Å². The van der Waals surface area contributed by atoms with Gasteiger partial charge in [0, 0.05) is 11.6 Å². The van der Waals surface area contributed by atoms with E-state index in [1.54, 1.807) is 12.3 Å². The third-order valence-corrected chi connectivity index (χ3v) is 2.30. The zero-order valence-corrected chi connectivity index (χ0v) is 8.38. The van der Waals surface area contributed by atoms with Gasteiger partial charge in [0.15, 0.2) is 0 Å². The minimum Gasteiger partial charge on any atom is -0.274 e. The molecule has 0 bridgehead atoms. The minimum absolute atomic E-state index is 0.175. The molecule has 0 N–H and O–H groups in total. The summed E-state index contributed by atoms with van der Waals surface area (Å²) >= 11 is 11.2. The second-order valence-electron chi connectivity index (χ2n) is 2.65. The molecule has 0 saturated carbocycles. The SMILES string of the molecule is O=C(Cl)c1cc2c(Cl)ccnc2cn1. The quantitative estimate of drug-likeness (QED) is 0.703. The Labute approximate surface area is 89.7 Å². The number of hydrogen-bond acceptors (Lipinski definition) is 3. The topological polar surface area (TPSA) is 42.9 Å². The van der Waals surface area contributed by atoms with Crippen LogP contribution in [0.25, 0.3) is 10.9 Å². The molecule has 2 aromatic heterocycles. The third-order valence-electron chi connectivity index (χ3n) is 1.78. The van der Waals surface area contributed by atoms with E-state index in [1.807, 2.05) is 0 Å². The number of carbonyl (C=O) groups is 1. The average Bonchev–Trinajstić information content (AvgIpc) is 2.18. The van der Waals surface area contributed by atoms with E-state index in [0.717, 1.165) is 0 Å². The molecule has 0 radical (unpaired) electrons. The summed E-state index contributed by atoms with van der Waals surface area (Å²) in [5.41, 5.74) is 0.813. The van der Waals surface area contributed by atoms with Gasteiger partial charge in [0.05, 0.1) is 16.7 Å². The summed E-state index contributed by atoms with van der Waals surface area (Å²) in [5.74, 6) is 0. The van der Waals surface area contributed by atoms with E-state index < -0.39 is 5.24 Å². The van der Waals surface area contributed by atoms with Crippen molar-refractivity contribution < 1.29 is 4.79 Å². The van der Waals surface area contributed by atoms with Gasteiger partial charge in [0.2, 0.25) is 0 Å². The molecule has 2 heterocycles. The predicted molar refractivity (Wildman–Crippen MR) is 54.7 cm³/mol. The maximum Gasteiger partial charge on any atom is 0.270 e. The van der Waals surface area contributed by atoms with Gasteiger partial charge in [-0.1, -0.05) is 11.6 Å². The fourth-order valence-electron chi connectivity index (χ4n) is 1.12. The van der Waals surface area contributed by atoms with Gasteiger partial charge in [-0.25, -0.2) is 4.98 Å². The van der Waals surface area contributed by atoms with Gasteiger partial charge in [0.25, 0.3) is 5.24 Å². The Hall–Kier alpha value is -1.19. The highest BCUT2D eigenvalue weighted by molar-refractivity contribution is 6.67. The van der Waals surface area contributed by atoms with Crippen LogP contribution in [0.1, 0.15) is 10.5 Å². The Bertz CT molecular complexity index is 513. The highest BCUT2D eigenvalue weighted by Crippen LogP contribution is 2.21. The van der Waals surface area contributed by atoms with E-state index >= 15 is 0 Å². The first-order valence-corrected chi connectivity index (χ1v) is 4.54. The van der Waals surface area contributed by atoms with Gasteiger partial charge >= 0.3 is 0 Å². The lowest BCUT2D eigenvalue weighted by molar-refractivity contribution is 0.107. The fraction of sp³-hybridized carbons (Fsp3) is 0. The highest BCUT2D eigenvalue weighted by atomic mass is 35.5. The largest absolute Gasteiger partial charge is 0.274 e. The van der Waals surface area contributed by atoms with Gasteiger partial charge in [-0.2, -0.15) is 0 Å². The Morgan fingerprint density at radius 3 is 2.86 bits per heavy atom. The van der Waals surface area contributed by atoms with Crippen LogP contribution < -0.4 is 0 Å². The van der Waals surface area contributed by atoms with Gasteiger partial charge < -0.3 is 0 Å². The Balaban J connectivity index is 2.76. The van der Waals surface area contributed by atoms with Crippen LogP contribution in [0.2, 0.25) is 5.02 Å². The predicted octanol–water partition coefficient (Wildman–Crippen LogP) is 2.66. The third kappa shape index (κ3) is 1.56. The lowest BCUT2D eigenvalue weighted by atomic mass is 10.2. The van der Waals surface area contributed by atoms with E-state index in [9.17, 15) is 4.79 Å². The molecule has 3 nitrogen and oxygen atoms in total. The van der Waals surface area contributed by atoms with E-state index in [4.69, 9.17) is 23.2 Å².